The Kier molecular flexibility index (Phi) is 4.82. The Morgan fingerprint density at radius 2 is 1.96 bits per heavy atom. The van der Waals surface area contributed by atoms with Crippen molar-refractivity contribution < 1.29 is 9.18 Å². The monoisotopic (exact) mass is 375 g/mol. The van der Waals surface area contributed by atoms with Crippen molar-refractivity contribution in [2.75, 3.05) is 5.32 Å². The zero-order valence-corrected chi connectivity index (χ0v) is 15.7. The van der Waals surface area contributed by atoms with E-state index in [2.05, 4.69) is 15.5 Å². The number of anilines is 1. The Morgan fingerprint density at radius 1 is 1.23 bits per heavy atom. The topological polar surface area (TPSA) is 64.7 Å². The molecule has 3 rings (SSSR count). The molecule has 0 atom stereocenters. The molecule has 0 saturated heterocycles. The van der Waals surface area contributed by atoms with Crippen molar-refractivity contribution >= 4 is 23.2 Å². The second kappa shape index (κ2) is 6.92. The highest BCUT2D eigenvalue weighted by Gasteiger charge is 2.18. The molecule has 1 N–H and O–H groups in total. The molecule has 136 valence electrons. The molecule has 0 spiro atoms. The molecule has 26 heavy (non-hydrogen) atoms. The van der Waals surface area contributed by atoms with Gasteiger partial charge in [0.05, 0.1) is 29.3 Å². The minimum Gasteiger partial charge on any atom is -0.317 e. The van der Waals surface area contributed by atoms with Crippen LogP contribution in [0.4, 0.5) is 10.1 Å². The lowest BCUT2D eigenvalue weighted by Crippen LogP contribution is -2.17. The van der Waals surface area contributed by atoms with Crippen LogP contribution < -0.4 is 5.32 Å². The van der Waals surface area contributed by atoms with Crippen LogP contribution in [-0.4, -0.2) is 25.5 Å². The van der Waals surface area contributed by atoms with Gasteiger partial charge in [-0.15, -0.1) is 0 Å². The van der Waals surface area contributed by atoms with Crippen LogP contribution in [0.15, 0.2) is 24.3 Å². The highest BCUT2D eigenvalue weighted by Crippen LogP contribution is 2.24. The second-order valence-electron chi connectivity index (χ2n) is 6.19. The number of aromatic nitrogens is 4. The number of carbonyl (C=O) groups is 1. The fourth-order valence-electron chi connectivity index (χ4n) is 2.84. The SMILES string of the molecule is Cc1cc(C(=O)Nc2c(C)nn(Cc3ccc(F)cc3Cl)c2C)n(C)n1. The van der Waals surface area contributed by atoms with E-state index in [0.717, 1.165) is 17.0 Å². The Labute approximate surface area is 155 Å². The molecule has 1 amide bonds. The summed E-state index contributed by atoms with van der Waals surface area (Å²) < 4.78 is 16.5. The van der Waals surface area contributed by atoms with E-state index in [1.807, 2.05) is 20.8 Å². The van der Waals surface area contributed by atoms with Crippen molar-refractivity contribution in [3.8, 4) is 0 Å². The number of nitrogens with zero attached hydrogens (tertiary/aromatic N) is 4. The molecular weight excluding hydrogens is 357 g/mol. The smallest absolute Gasteiger partial charge is 0.274 e. The van der Waals surface area contributed by atoms with Gasteiger partial charge in [0.25, 0.3) is 5.91 Å². The van der Waals surface area contributed by atoms with Crippen LogP contribution in [0.25, 0.3) is 0 Å². The first-order valence-electron chi connectivity index (χ1n) is 8.06. The van der Waals surface area contributed by atoms with Crippen LogP contribution >= 0.6 is 11.6 Å². The highest BCUT2D eigenvalue weighted by atomic mass is 35.5. The average molecular weight is 376 g/mol. The first kappa shape index (κ1) is 18.1. The van der Waals surface area contributed by atoms with Gasteiger partial charge in [-0.2, -0.15) is 10.2 Å². The van der Waals surface area contributed by atoms with E-state index >= 15 is 0 Å². The van der Waals surface area contributed by atoms with Gasteiger partial charge in [0.15, 0.2) is 0 Å². The fraction of sp³-hybridized carbons (Fsp3) is 0.278. The maximum atomic E-state index is 13.2. The third-order valence-electron chi connectivity index (χ3n) is 4.19. The molecule has 0 fully saturated rings. The number of nitrogens with one attached hydrogen (secondary N) is 1. The van der Waals surface area contributed by atoms with E-state index in [-0.39, 0.29) is 11.7 Å². The van der Waals surface area contributed by atoms with Crippen LogP contribution in [0.5, 0.6) is 0 Å². The van der Waals surface area contributed by atoms with Gasteiger partial charge in [0, 0.05) is 12.1 Å². The summed E-state index contributed by atoms with van der Waals surface area (Å²) in [4.78, 5) is 12.5. The van der Waals surface area contributed by atoms with Gasteiger partial charge in [-0.05, 0) is 44.5 Å². The zero-order valence-electron chi connectivity index (χ0n) is 15.0. The van der Waals surface area contributed by atoms with Crippen LogP contribution in [-0.2, 0) is 13.6 Å². The van der Waals surface area contributed by atoms with Gasteiger partial charge in [-0.25, -0.2) is 4.39 Å². The largest absolute Gasteiger partial charge is 0.317 e. The molecule has 2 aromatic heterocycles. The minimum atomic E-state index is -0.383. The van der Waals surface area contributed by atoms with Crippen LogP contribution in [0.2, 0.25) is 5.02 Å². The quantitative estimate of drug-likeness (QED) is 0.757. The predicted molar refractivity (Wildman–Crippen MR) is 98.1 cm³/mol. The number of amides is 1. The second-order valence-corrected chi connectivity index (χ2v) is 6.60. The standard InChI is InChI=1S/C18H19ClFN5O/c1-10-7-16(24(4)22-10)18(26)21-17-11(2)23-25(12(17)3)9-13-5-6-14(20)8-15(13)19/h5-8H,9H2,1-4H3,(H,21,26). The third-order valence-corrected chi connectivity index (χ3v) is 4.54. The number of halogens is 2. The van der Waals surface area contributed by atoms with Gasteiger partial charge in [0.1, 0.15) is 11.5 Å². The average Bonchev–Trinajstić information content (AvgIpc) is 3.03. The normalized spacial score (nSPS) is 11.0. The van der Waals surface area contributed by atoms with Crippen molar-refractivity contribution in [1.29, 1.82) is 0 Å². The summed E-state index contributed by atoms with van der Waals surface area (Å²) in [7, 11) is 1.72. The van der Waals surface area contributed by atoms with Gasteiger partial charge in [-0.1, -0.05) is 17.7 Å². The summed E-state index contributed by atoms with van der Waals surface area (Å²) in [6.07, 6.45) is 0. The highest BCUT2D eigenvalue weighted by molar-refractivity contribution is 6.31. The Hall–Kier alpha value is -2.67. The molecule has 0 aliphatic heterocycles. The molecule has 0 bridgehead atoms. The maximum Gasteiger partial charge on any atom is 0.274 e. The summed E-state index contributed by atoms with van der Waals surface area (Å²) >= 11 is 6.10. The Bertz CT molecular complexity index is 992. The van der Waals surface area contributed by atoms with Gasteiger partial charge in [0.2, 0.25) is 0 Å². The third kappa shape index (κ3) is 3.48. The zero-order chi connectivity index (χ0) is 19.0. The lowest BCUT2D eigenvalue weighted by Gasteiger charge is -2.08. The predicted octanol–water partition coefficient (Wildman–Crippen LogP) is 3.63. The van der Waals surface area contributed by atoms with E-state index in [1.54, 1.807) is 23.9 Å². The molecule has 8 heteroatoms. The molecule has 1 aromatic carbocycles. The number of carbonyl (C=O) groups excluding carboxylic acids is 1. The summed E-state index contributed by atoms with van der Waals surface area (Å²) in [5.41, 5.74) is 4.11. The van der Waals surface area contributed by atoms with Gasteiger partial charge >= 0.3 is 0 Å². The summed E-state index contributed by atoms with van der Waals surface area (Å²) in [5, 5.41) is 11.9. The van der Waals surface area contributed by atoms with Gasteiger partial charge in [-0.3, -0.25) is 14.2 Å². The van der Waals surface area contributed by atoms with Crippen LogP contribution in [0.1, 0.15) is 33.1 Å². The molecular formula is C18H19ClFN5O. The number of rotatable bonds is 4. The first-order chi connectivity index (χ1) is 12.3. The number of hydrogen-bond acceptors (Lipinski definition) is 3. The van der Waals surface area contributed by atoms with E-state index in [9.17, 15) is 9.18 Å². The fourth-order valence-corrected chi connectivity index (χ4v) is 3.07. The molecule has 0 aliphatic rings. The number of hydrogen-bond donors (Lipinski definition) is 1. The van der Waals surface area contributed by atoms with Crippen molar-refractivity contribution in [3.63, 3.8) is 0 Å². The molecule has 6 nitrogen and oxygen atoms in total. The van der Waals surface area contributed by atoms with Crippen molar-refractivity contribution in [1.82, 2.24) is 19.6 Å². The van der Waals surface area contributed by atoms with Crippen molar-refractivity contribution in [2.45, 2.75) is 27.3 Å². The van der Waals surface area contributed by atoms with E-state index in [0.29, 0.717) is 28.6 Å². The molecule has 0 saturated carbocycles. The van der Waals surface area contributed by atoms with E-state index in [1.165, 1.54) is 16.8 Å². The molecule has 0 unspecified atom stereocenters. The summed E-state index contributed by atoms with van der Waals surface area (Å²) in [6, 6.07) is 5.99. The number of aryl methyl sites for hydroxylation is 3. The van der Waals surface area contributed by atoms with Crippen LogP contribution in [0.3, 0.4) is 0 Å². The lowest BCUT2D eigenvalue weighted by molar-refractivity contribution is 0.101. The van der Waals surface area contributed by atoms with Crippen LogP contribution in [0, 0.1) is 26.6 Å². The minimum absolute atomic E-state index is 0.251. The Morgan fingerprint density at radius 3 is 2.58 bits per heavy atom. The lowest BCUT2D eigenvalue weighted by atomic mass is 10.2. The summed E-state index contributed by atoms with van der Waals surface area (Å²) in [6.45, 7) is 5.89. The molecule has 0 radical (unpaired) electrons. The maximum absolute atomic E-state index is 13.2. The first-order valence-corrected chi connectivity index (χ1v) is 8.44. The van der Waals surface area contributed by atoms with Gasteiger partial charge < -0.3 is 5.32 Å². The summed E-state index contributed by atoms with van der Waals surface area (Å²) in [5.74, 6) is -0.634. The van der Waals surface area contributed by atoms with E-state index in [4.69, 9.17) is 11.6 Å². The molecule has 2 heterocycles. The van der Waals surface area contributed by atoms with Crippen molar-refractivity contribution in [2.24, 2.45) is 7.05 Å². The van der Waals surface area contributed by atoms with E-state index < -0.39 is 0 Å². The Balaban J connectivity index is 1.86. The number of benzene rings is 1. The molecule has 3 aromatic rings. The molecule has 0 aliphatic carbocycles. The van der Waals surface area contributed by atoms with Crippen molar-refractivity contribution in [3.05, 3.63) is 63.4 Å².